The van der Waals surface area contributed by atoms with Gasteiger partial charge in [-0.15, -0.1) is 0 Å². The molecule has 0 amide bonds. The highest BCUT2D eigenvalue weighted by atomic mass is 16.2. The molecule has 0 saturated carbocycles. The van der Waals surface area contributed by atoms with Crippen LogP contribution in [0.1, 0.15) is 34.1 Å². The summed E-state index contributed by atoms with van der Waals surface area (Å²) in [6, 6.07) is 6.87. The second kappa shape index (κ2) is 5.56. The average molecular weight is 293 g/mol. The molecule has 1 aliphatic carbocycles. The van der Waals surface area contributed by atoms with Gasteiger partial charge in [0.25, 0.3) is 0 Å². The van der Waals surface area contributed by atoms with E-state index in [1.165, 1.54) is 0 Å². The lowest BCUT2D eigenvalue weighted by atomic mass is 10.0. The van der Waals surface area contributed by atoms with E-state index < -0.39 is 0 Å². The molecule has 4 heteroatoms. The van der Waals surface area contributed by atoms with Crippen molar-refractivity contribution in [1.82, 2.24) is 4.90 Å². The van der Waals surface area contributed by atoms with Crippen LogP contribution in [-0.2, 0) is 4.79 Å². The second-order valence-corrected chi connectivity index (χ2v) is 5.36. The van der Waals surface area contributed by atoms with Crippen molar-refractivity contribution in [3.8, 4) is 0 Å². The van der Waals surface area contributed by atoms with Crippen molar-refractivity contribution in [2.24, 2.45) is 0 Å². The summed E-state index contributed by atoms with van der Waals surface area (Å²) in [6.07, 6.45) is 7.53. The summed E-state index contributed by atoms with van der Waals surface area (Å²) < 4.78 is 0. The second-order valence-electron chi connectivity index (χ2n) is 5.36. The fourth-order valence-electron chi connectivity index (χ4n) is 2.57. The van der Waals surface area contributed by atoms with Crippen molar-refractivity contribution in [1.29, 1.82) is 0 Å². The first kappa shape index (κ1) is 14.2. The molecular formula is C18H15NO3. The lowest BCUT2D eigenvalue weighted by Crippen LogP contribution is -2.16. The van der Waals surface area contributed by atoms with Gasteiger partial charge in [-0.3, -0.25) is 14.4 Å². The van der Waals surface area contributed by atoms with Crippen LogP contribution in [0.5, 0.6) is 0 Å². The van der Waals surface area contributed by atoms with E-state index in [1.807, 2.05) is 4.90 Å². The van der Waals surface area contributed by atoms with Gasteiger partial charge in [-0.1, -0.05) is 24.3 Å². The molecule has 0 aromatic heterocycles. The Morgan fingerprint density at radius 2 is 1.55 bits per heavy atom. The molecule has 0 saturated heterocycles. The van der Waals surface area contributed by atoms with Crippen LogP contribution in [0.4, 0.5) is 0 Å². The van der Waals surface area contributed by atoms with E-state index in [9.17, 15) is 14.4 Å². The Morgan fingerprint density at radius 1 is 1.00 bits per heavy atom. The summed E-state index contributed by atoms with van der Waals surface area (Å²) >= 11 is 0. The predicted octanol–water partition coefficient (Wildman–Crippen LogP) is 2.68. The van der Waals surface area contributed by atoms with E-state index >= 15 is 0 Å². The molecule has 0 N–H and O–H groups in total. The molecule has 4 nitrogen and oxygen atoms in total. The van der Waals surface area contributed by atoms with Crippen LogP contribution in [-0.4, -0.2) is 28.8 Å². The third-order valence-electron chi connectivity index (χ3n) is 3.77. The van der Waals surface area contributed by atoms with Crippen LogP contribution in [0.25, 0.3) is 0 Å². The highest BCUT2D eigenvalue weighted by Crippen LogP contribution is 2.30. The van der Waals surface area contributed by atoms with Crippen molar-refractivity contribution in [3.63, 3.8) is 0 Å². The van der Waals surface area contributed by atoms with Crippen molar-refractivity contribution >= 4 is 17.3 Å². The number of fused-ring (bicyclic) bond motifs is 1. The van der Waals surface area contributed by atoms with Crippen molar-refractivity contribution < 1.29 is 14.4 Å². The van der Waals surface area contributed by atoms with Crippen molar-refractivity contribution in [2.45, 2.75) is 13.3 Å². The minimum Gasteiger partial charge on any atom is -0.354 e. The Balaban J connectivity index is 1.87. The molecule has 2 aliphatic rings. The third kappa shape index (κ3) is 2.44. The minimum atomic E-state index is -0.220. The zero-order valence-electron chi connectivity index (χ0n) is 12.2. The lowest BCUT2D eigenvalue weighted by Gasteiger charge is -2.18. The zero-order chi connectivity index (χ0) is 15.7. The van der Waals surface area contributed by atoms with Gasteiger partial charge in [-0.2, -0.15) is 0 Å². The summed E-state index contributed by atoms with van der Waals surface area (Å²) in [7, 11) is 0. The van der Waals surface area contributed by atoms with Crippen LogP contribution in [0, 0.1) is 0 Å². The summed E-state index contributed by atoms with van der Waals surface area (Å²) in [5.41, 5.74) is 1.77. The topological polar surface area (TPSA) is 54.5 Å². The van der Waals surface area contributed by atoms with Gasteiger partial charge in [-0.05, 0) is 24.6 Å². The quantitative estimate of drug-likeness (QED) is 0.635. The molecule has 0 radical (unpaired) electrons. The Kier molecular flexibility index (Phi) is 3.59. The Hall–Kier alpha value is -2.75. The number of carbonyl (C=O) groups is 3. The summed E-state index contributed by atoms with van der Waals surface area (Å²) in [6.45, 7) is 2.14. The van der Waals surface area contributed by atoms with Crippen LogP contribution >= 0.6 is 0 Å². The number of ketones is 3. The maximum atomic E-state index is 12.4. The minimum absolute atomic E-state index is 0.127. The van der Waals surface area contributed by atoms with Crippen molar-refractivity contribution in [3.05, 3.63) is 71.1 Å². The predicted molar refractivity (Wildman–Crippen MR) is 82.4 cm³/mol. The van der Waals surface area contributed by atoms with E-state index in [0.717, 1.165) is 0 Å². The molecule has 1 aromatic carbocycles. The van der Waals surface area contributed by atoms with Gasteiger partial charge in [0.15, 0.2) is 11.6 Å². The van der Waals surface area contributed by atoms with Gasteiger partial charge < -0.3 is 4.90 Å². The van der Waals surface area contributed by atoms with Gasteiger partial charge in [0, 0.05) is 36.5 Å². The first-order chi connectivity index (χ1) is 10.6. The highest BCUT2D eigenvalue weighted by molar-refractivity contribution is 6.40. The van der Waals surface area contributed by atoms with Gasteiger partial charge in [-0.25, -0.2) is 0 Å². The standard InChI is InChI=1S/C18H15NO3/c1-12(20)6-9-19-10-7-13(8-11-19)16-17(21)14-4-2-3-5-15(14)18(16)22/h2-5,7-8,10-11H,6,9H2,1H3. The molecule has 0 fully saturated rings. The molecule has 0 atom stereocenters. The molecule has 3 rings (SSSR count). The molecule has 1 heterocycles. The SMILES string of the molecule is CC(=O)CCN1C=CC(=C2C(=O)c3ccccc3C2=O)C=C1. The number of benzene rings is 1. The Bertz CT molecular complexity index is 715. The molecule has 0 spiro atoms. The number of Topliss-reactive ketones (excluding diaryl/α,β-unsaturated/α-hetero) is 3. The van der Waals surface area contributed by atoms with Gasteiger partial charge in [0.2, 0.25) is 0 Å². The number of carbonyl (C=O) groups excluding carboxylic acids is 3. The first-order valence-electron chi connectivity index (χ1n) is 7.12. The van der Waals surface area contributed by atoms with E-state index in [4.69, 9.17) is 0 Å². The monoisotopic (exact) mass is 293 g/mol. The Morgan fingerprint density at radius 3 is 2.05 bits per heavy atom. The van der Waals surface area contributed by atoms with E-state index in [-0.39, 0.29) is 22.9 Å². The fourth-order valence-corrected chi connectivity index (χ4v) is 2.57. The van der Waals surface area contributed by atoms with E-state index in [1.54, 1.807) is 55.7 Å². The molecule has 0 unspecified atom stereocenters. The van der Waals surface area contributed by atoms with Gasteiger partial charge in [0.05, 0.1) is 5.57 Å². The van der Waals surface area contributed by atoms with Crippen molar-refractivity contribution in [2.75, 3.05) is 6.54 Å². The van der Waals surface area contributed by atoms with E-state index in [2.05, 4.69) is 0 Å². The molecule has 110 valence electrons. The molecular weight excluding hydrogens is 278 g/mol. The smallest absolute Gasteiger partial charge is 0.198 e. The number of rotatable bonds is 3. The van der Waals surface area contributed by atoms with Crippen LogP contribution < -0.4 is 0 Å². The maximum Gasteiger partial charge on any atom is 0.198 e. The molecule has 1 aromatic rings. The highest BCUT2D eigenvalue weighted by Gasteiger charge is 2.34. The number of hydrogen-bond donors (Lipinski definition) is 0. The third-order valence-corrected chi connectivity index (χ3v) is 3.77. The summed E-state index contributed by atoms with van der Waals surface area (Å²) in [5.74, 6) is -0.313. The summed E-state index contributed by atoms with van der Waals surface area (Å²) in [4.78, 5) is 37.7. The number of hydrogen-bond acceptors (Lipinski definition) is 4. The van der Waals surface area contributed by atoms with Gasteiger partial charge >= 0.3 is 0 Å². The molecule has 0 bridgehead atoms. The number of allylic oxidation sites excluding steroid dienone is 4. The Labute approximate surface area is 128 Å². The first-order valence-corrected chi connectivity index (χ1v) is 7.12. The van der Waals surface area contributed by atoms with Gasteiger partial charge in [0.1, 0.15) is 5.78 Å². The van der Waals surface area contributed by atoms with E-state index in [0.29, 0.717) is 29.7 Å². The maximum absolute atomic E-state index is 12.4. The number of nitrogens with zero attached hydrogens (tertiary/aromatic N) is 1. The molecule has 1 aliphatic heterocycles. The average Bonchev–Trinajstić information content (AvgIpc) is 2.78. The zero-order valence-corrected chi connectivity index (χ0v) is 12.2. The largest absolute Gasteiger partial charge is 0.354 e. The fraction of sp³-hybridized carbons (Fsp3) is 0.167. The summed E-state index contributed by atoms with van der Waals surface area (Å²) in [5, 5.41) is 0. The molecule has 22 heavy (non-hydrogen) atoms. The normalized spacial score (nSPS) is 16.5. The van der Waals surface area contributed by atoms with Crippen LogP contribution in [0.2, 0.25) is 0 Å². The van der Waals surface area contributed by atoms with Crippen LogP contribution in [0.3, 0.4) is 0 Å². The van der Waals surface area contributed by atoms with Crippen LogP contribution in [0.15, 0.2) is 60.0 Å². The lowest BCUT2D eigenvalue weighted by molar-refractivity contribution is -0.117.